The maximum Gasteiger partial charge on any atom is 1.00 e. The van der Waals surface area contributed by atoms with Gasteiger partial charge >= 0.3 is 51.4 Å². The minimum Gasteiger partial charge on any atom is -0.748 e. The van der Waals surface area contributed by atoms with Crippen LogP contribution in [0.4, 0.5) is 0 Å². The van der Waals surface area contributed by atoms with Gasteiger partial charge in [-0.2, -0.15) is 0 Å². The van der Waals surface area contributed by atoms with Crippen LogP contribution in [0.3, 0.4) is 0 Å². The van der Waals surface area contributed by atoms with Crippen molar-refractivity contribution >= 4 is 10.1 Å². The largest absolute Gasteiger partial charge is 1.00 e. The fourth-order valence-electron chi connectivity index (χ4n) is 3.62. The van der Waals surface area contributed by atoms with Crippen LogP contribution in [0.25, 0.3) is 0 Å². The molecule has 0 aromatic carbocycles. The van der Waals surface area contributed by atoms with Gasteiger partial charge in [-0.05, 0) is 25.7 Å². The number of aliphatic hydroxyl groups excluding tert-OH is 1. The van der Waals surface area contributed by atoms with Gasteiger partial charge in [0.05, 0.1) is 16.2 Å². The molecule has 1 N–H and O–H groups in total. The van der Waals surface area contributed by atoms with Crippen molar-refractivity contribution in [2.45, 2.75) is 141 Å². The molecular formula is C22H45KO4S. The van der Waals surface area contributed by atoms with Crippen molar-refractivity contribution in [2.75, 3.05) is 0 Å². The van der Waals surface area contributed by atoms with Gasteiger partial charge in [-0.25, -0.2) is 8.42 Å². The van der Waals surface area contributed by atoms with Gasteiger partial charge in [0.15, 0.2) is 0 Å². The molecular weight excluding hydrogens is 399 g/mol. The molecule has 0 aliphatic carbocycles. The van der Waals surface area contributed by atoms with E-state index in [0.717, 1.165) is 38.5 Å². The van der Waals surface area contributed by atoms with E-state index in [1.807, 2.05) is 0 Å². The van der Waals surface area contributed by atoms with Gasteiger partial charge in [-0.3, -0.25) is 0 Å². The topological polar surface area (TPSA) is 77.4 Å². The van der Waals surface area contributed by atoms with Gasteiger partial charge in [0.1, 0.15) is 0 Å². The predicted molar refractivity (Wildman–Crippen MR) is 114 cm³/mol. The summed E-state index contributed by atoms with van der Waals surface area (Å²) in [7, 11) is -4.26. The van der Waals surface area contributed by atoms with Crippen LogP contribution in [-0.2, 0) is 10.1 Å². The maximum absolute atomic E-state index is 11.5. The normalized spacial score (nSPS) is 13.9. The van der Waals surface area contributed by atoms with Crippen LogP contribution in [0.2, 0.25) is 0 Å². The van der Waals surface area contributed by atoms with Crippen LogP contribution in [0.5, 0.6) is 0 Å². The van der Waals surface area contributed by atoms with E-state index in [4.69, 9.17) is 0 Å². The SMILES string of the molecule is CCCCCCCCCCCCCC(CCC(O)CCCCC)S(=O)(=O)[O-].[K+]. The van der Waals surface area contributed by atoms with E-state index >= 15 is 0 Å². The fraction of sp³-hybridized carbons (Fsp3) is 1.00. The van der Waals surface area contributed by atoms with Gasteiger partial charge in [0.2, 0.25) is 0 Å². The smallest absolute Gasteiger partial charge is 0.748 e. The zero-order valence-corrected chi connectivity index (χ0v) is 22.9. The quantitative estimate of drug-likeness (QED) is 0.177. The van der Waals surface area contributed by atoms with E-state index in [9.17, 15) is 18.1 Å². The van der Waals surface area contributed by atoms with Crippen LogP contribution in [0.1, 0.15) is 129 Å². The van der Waals surface area contributed by atoms with Crippen LogP contribution in [0.15, 0.2) is 0 Å². The van der Waals surface area contributed by atoms with Crippen molar-refractivity contribution in [3.63, 3.8) is 0 Å². The first-order valence-electron chi connectivity index (χ1n) is 11.5. The van der Waals surface area contributed by atoms with Crippen LogP contribution in [-0.4, -0.2) is 29.4 Å². The Hall–Kier alpha value is 1.51. The van der Waals surface area contributed by atoms with Crippen LogP contribution in [0, 0.1) is 0 Å². The molecule has 2 atom stereocenters. The summed E-state index contributed by atoms with van der Waals surface area (Å²) in [5.41, 5.74) is 0. The summed E-state index contributed by atoms with van der Waals surface area (Å²) in [6, 6.07) is 0. The number of hydrogen-bond acceptors (Lipinski definition) is 4. The van der Waals surface area contributed by atoms with Crippen molar-refractivity contribution in [1.82, 2.24) is 0 Å². The Kier molecular flexibility index (Phi) is 24.6. The van der Waals surface area contributed by atoms with Crippen molar-refractivity contribution in [2.24, 2.45) is 0 Å². The third kappa shape index (κ3) is 20.8. The van der Waals surface area contributed by atoms with Crippen LogP contribution >= 0.6 is 0 Å². The molecule has 0 aromatic rings. The van der Waals surface area contributed by atoms with Gasteiger partial charge in [-0.1, -0.05) is 104 Å². The summed E-state index contributed by atoms with van der Waals surface area (Å²) in [5, 5.41) is 9.13. The minimum atomic E-state index is -4.26. The summed E-state index contributed by atoms with van der Waals surface area (Å²) in [5.74, 6) is 0. The molecule has 0 saturated heterocycles. The molecule has 0 rings (SSSR count). The summed E-state index contributed by atoms with van der Waals surface area (Å²) < 4.78 is 34.4. The Morgan fingerprint density at radius 2 is 1.04 bits per heavy atom. The molecule has 0 heterocycles. The number of rotatable bonds is 20. The second-order valence-electron chi connectivity index (χ2n) is 8.17. The van der Waals surface area contributed by atoms with E-state index < -0.39 is 21.5 Å². The third-order valence-corrected chi connectivity index (χ3v) is 6.79. The average Bonchev–Trinajstić information content (AvgIpc) is 2.61. The Balaban J connectivity index is 0. The Bertz CT molecular complexity index is 415. The van der Waals surface area contributed by atoms with E-state index in [0.29, 0.717) is 25.7 Å². The average molecular weight is 445 g/mol. The zero-order chi connectivity index (χ0) is 20.4. The van der Waals surface area contributed by atoms with Crippen molar-refractivity contribution in [1.29, 1.82) is 0 Å². The molecule has 0 amide bonds. The zero-order valence-electron chi connectivity index (χ0n) is 19.0. The molecule has 0 aliphatic rings. The van der Waals surface area contributed by atoms with E-state index in [-0.39, 0.29) is 51.4 Å². The summed E-state index contributed by atoms with van der Waals surface area (Å²) in [6.07, 6.45) is 17.9. The van der Waals surface area contributed by atoms with E-state index in [2.05, 4.69) is 13.8 Å². The molecule has 0 spiro atoms. The van der Waals surface area contributed by atoms with Crippen molar-refractivity contribution < 1.29 is 69.5 Å². The minimum absolute atomic E-state index is 0. The molecule has 0 aromatic heterocycles. The fourth-order valence-corrected chi connectivity index (χ4v) is 4.50. The standard InChI is InChI=1S/C22H46O4S.K/c1-3-5-7-8-9-10-11-12-13-14-16-18-22(27(24,25)26)20-19-21(23)17-15-6-4-2;/h21-23H,3-20H2,1-2H3,(H,24,25,26);/q;+1/p-1. The predicted octanol–water partition coefficient (Wildman–Crippen LogP) is 3.33. The molecule has 0 bridgehead atoms. The molecule has 0 aliphatic heterocycles. The molecule has 6 heteroatoms. The first-order valence-corrected chi connectivity index (χ1v) is 13.0. The molecule has 0 fully saturated rings. The third-order valence-electron chi connectivity index (χ3n) is 5.50. The van der Waals surface area contributed by atoms with Crippen LogP contribution < -0.4 is 51.4 Å². The Morgan fingerprint density at radius 3 is 1.50 bits per heavy atom. The molecule has 0 saturated carbocycles. The van der Waals surface area contributed by atoms with Crippen molar-refractivity contribution in [3.8, 4) is 0 Å². The molecule has 0 radical (unpaired) electrons. The monoisotopic (exact) mass is 444 g/mol. The Labute approximate surface area is 218 Å². The van der Waals surface area contributed by atoms with Gasteiger partial charge in [0.25, 0.3) is 0 Å². The first kappa shape index (κ1) is 31.7. The van der Waals surface area contributed by atoms with Gasteiger partial charge in [-0.15, -0.1) is 0 Å². The second-order valence-corrected chi connectivity index (χ2v) is 9.82. The number of aliphatic hydroxyl groups is 1. The number of unbranched alkanes of at least 4 members (excludes halogenated alkanes) is 12. The molecule has 164 valence electrons. The molecule has 28 heavy (non-hydrogen) atoms. The molecule has 4 nitrogen and oxygen atoms in total. The summed E-state index contributed by atoms with van der Waals surface area (Å²) in [6.45, 7) is 4.35. The molecule has 2 unspecified atom stereocenters. The number of hydrogen-bond donors (Lipinski definition) is 1. The van der Waals surface area contributed by atoms with Crippen molar-refractivity contribution in [3.05, 3.63) is 0 Å². The Morgan fingerprint density at radius 1 is 0.643 bits per heavy atom. The first-order chi connectivity index (χ1) is 12.9. The van der Waals surface area contributed by atoms with Gasteiger partial charge < -0.3 is 9.66 Å². The summed E-state index contributed by atoms with van der Waals surface area (Å²) in [4.78, 5) is 0. The van der Waals surface area contributed by atoms with E-state index in [1.54, 1.807) is 0 Å². The second kappa shape index (κ2) is 21.7. The summed E-state index contributed by atoms with van der Waals surface area (Å²) >= 11 is 0. The van der Waals surface area contributed by atoms with Gasteiger partial charge in [0, 0.05) is 5.25 Å². The maximum atomic E-state index is 11.5. The van der Waals surface area contributed by atoms with E-state index in [1.165, 1.54) is 51.4 Å².